The van der Waals surface area contributed by atoms with Crippen molar-refractivity contribution in [2.45, 2.75) is 6.42 Å². The largest absolute Gasteiger partial charge is 0.370 e. The molecule has 16 heavy (non-hydrogen) atoms. The van der Waals surface area contributed by atoms with E-state index < -0.39 is 0 Å². The molecule has 0 aliphatic rings. The summed E-state index contributed by atoms with van der Waals surface area (Å²) in [6, 6.07) is 5.40. The van der Waals surface area contributed by atoms with Gasteiger partial charge in [0.25, 0.3) is 0 Å². The predicted molar refractivity (Wildman–Crippen MR) is 60.8 cm³/mol. The van der Waals surface area contributed by atoms with Crippen LogP contribution < -0.4 is 5.32 Å². The summed E-state index contributed by atoms with van der Waals surface area (Å²) < 4.78 is 0. The molecule has 1 rings (SSSR count). The van der Waals surface area contributed by atoms with Crippen molar-refractivity contribution in [1.29, 1.82) is 5.26 Å². The highest BCUT2D eigenvalue weighted by molar-refractivity contribution is 5.76. The highest BCUT2D eigenvalue weighted by Crippen LogP contribution is 2.03. The zero-order valence-corrected chi connectivity index (χ0v) is 9.40. The van der Waals surface area contributed by atoms with E-state index in [0.29, 0.717) is 24.3 Å². The fraction of sp³-hybridized carbons (Fsp3) is 0.364. The van der Waals surface area contributed by atoms with Gasteiger partial charge in [0, 0.05) is 33.3 Å². The lowest BCUT2D eigenvalue weighted by atomic mass is 10.3. The summed E-state index contributed by atoms with van der Waals surface area (Å²) in [5.41, 5.74) is 0.523. The van der Waals surface area contributed by atoms with Gasteiger partial charge in [0.15, 0.2) is 0 Å². The zero-order chi connectivity index (χ0) is 12.0. The quantitative estimate of drug-likeness (QED) is 0.813. The molecule has 1 aromatic heterocycles. The molecule has 0 aromatic carbocycles. The Kier molecular flexibility index (Phi) is 4.28. The second-order valence-corrected chi connectivity index (χ2v) is 3.51. The highest BCUT2D eigenvalue weighted by atomic mass is 16.2. The van der Waals surface area contributed by atoms with Crippen molar-refractivity contribution < 1.29 is 4.79 Å². The van der Waals surface area contributed by atoms with Gasteiger partial charge in [-0.3, -0.25) is 4.79 Å². The second kappa shape index (κ2) is 5.71. The van der Waals surface area contributed by atoms with Gasteiger partial charge in [0.05, 0.1) is 5.56 Å². The number of carbonyl (C=O) groups excluding carboxylic acids is 1. The van der Waals surface area contributed by atoms with Crippen LogP contribution in [0, 0.1) is 11.3 Å². The van der Waals surface area contributed by atoms with Crippen LogP contribution in [0.3, 0.4) is 0 Å². The Labute approximate surface area is 94.7 Å². The third kappa shape index (κ3) is 3.58. The van der Waals surface area contributed by atoms with Gasteiger partial charge >= 0.3 is 0 Å². The first-order valence-electron chi connectivity index (χ1n) is 4.93. The molecule has 1 aromatic rings. The number of nitrogens with one attached hydrogen (secondary N) is 1. The molecule has 0 radical (unpaired) electrons. The van der Waals surface area contributed by atoms with E-state index in [1.165, 1.54) is 6.20 Å². The van der Waals surface area contributed by atoms with Crippen LogP contribution in [0.4, 0.5) is 5.82 Å². The fourth-order valence-electron chi connectivity index (χ4n) is 1.09. The van der Waals surface area contributed by atoms with Gasteiger partial charge in [-0.1, -0.05) is 0 Å². The van der Waals surface area contributed by atoms with Crippen molar-refractivity contribution in [3.05, 3.63) is 23.9 Å². The number of amides is 1. The fourth-order valence-corrected chi connectivity index (χ4v) is 1.09. The summed E-state index contributed by atoms with van der Waals surface area (Å²) in [5.74, 6) is 0.742. The lowest BCUT2D eigenvalue weighted by molar-refractivity contribution is -0.128. The molecule has 0 unspecified atom stereocenters. The maximum absolute atomic E-state index is 11.3. The van der Waals surface area contributed by atoms with E-state index in [1.54, 1.807) is 31.1 Å². The molecular formula is C11H14N4O. The maximum Gasteiger partial charge on any atom is 0.223 e. The van der Waals surface area contributed by atoms with Crippen LogP contribution in [0.25, 0.3) is 0 Å². The number of hydrogen-bond donors (Lipinski definition) is 1. The van der Waals surface area contributed by atoms with Gasteiger partial charge in [-0.05, 0) is 12.1 Å². The Morgan fingerprint density at radius 3 is 2.81 bits per heavy atom. The molecular weight excluding hydrogens is 204 g/mol. The molecule has 1 N–H and O–H groups in total. The minimum atomic E-state index is 0.0705. The standard InChI is InChI=1S/C11H14N4O/c1-15(2)11(16)5-6-13-10-4-3-9(7-12)8-14-10/h3-4,8H,5-6H2,1-2H3,(H,13,14). The van der Waals surface area contributed by atoms with Gasteiger partial charge in [0.2, 0.25) is 5.91 Å². The van der Waals surface area contributed by atoms with E-state index >= 15 is 0 Å². The molecule has 84 valence electrons. The molecule has 0 atom stereocenters. The summed E-state index contributed by atoms with van der Waals surface area (Å²) in [7, 11) is 3.45. The van der Waals surface area contributed by atoms with Crippen LogP contribution >= 0.6 is 0 Å². The number of nitrogens with zero attached hydrogens (tertiary/aromatic N) is 3. The zero-order valence-electron chi connectivity index (χ0n) is 9.40. The molecule has 0 bridgehead atoms. The predicted octanol–water partition coefficient (Wildman–Crippen LogP) is 0.843. The van der Waals surface area contributed by atoms with Gasteiger partial charge in [-0.2, -0.15) is 5.26 Å². The Morgan fingerprint density at radius 2 is 2.31 bits per heavy atom. The third-order valence-electron chi connectivity index (χ3n) is 2.04. The Bertz CT molecular complexity index is 391. The number of aromatic nitrogens is 1. The maximum atomic E-state index is 11.3. The average molecular weight is 218 g/mol. The first-order chi connectivity index (χ1) is 7.63. The van der Waals surface area contributed by atoms with Crippen LogP contribution in [0.1, 0.15) is 12.0 Å². The Balaban J connectivity index is 2.38. The summed E-state index contributed by atoms with van der Waals surface area (Å²) >= 11 is 0. The monoisotopic (exact) mass is 218 g/mol. The number of nitriles is 1. The molecule has 0 saturated heterocycles. The molecule has 0 aliphatic carbocycles. The molecule has 1 amide bonds. The molecule has 5 nitrogen and oxygen atoms in total. The molecule has 1 heterocycles. The van der Waals surface area contributed by atoms with E-state index in [0.717, 1.165) is 0 Å². The third-order valence-corrected chi connectivity index (χ3v) is 2.04. The van der Waals surface area contributed by atoms with Crippen LogP contribution in [0.2, 0.25) is 0 Å². The van der Waals surface area contributed by atoms with Crippen molar-refractivity contribution in [2.75, 3.05) is 26.0 Å². The van der Waals surface area contributed by atoms with Crippen molar-refractivity contribution in [1.82, 2.24) is 9.88 Å². The van der Waals surface area contributed by atoms with Crippen molar-refractivity contribution >= 4 is 11.7 Å². The van der Waals surface area contributed by atoms with E-state index in [1.807, 2.05) is 6.07 Å². The highest BCUT2D eigenvalue weighted by Gasteiger charge is 2.02. The molecule has 0 spiro atoms. The summed E-state index contributed by atoms with van der Waals surface area (Å²) in [5, 5.41) is 11.6. The van der Waals surface area contributed by atoms with Gasteiger partial charge < -0.3 is 10.2 Å². The first-order valence-corrected chi connectivity index (χ1v) is 4.93. The smallest absolute Gasteiger partial charge is 0.223 e. The van der Waals surface area contributed by atoms with E-state index in [2.05, 4.69) is 10.3 Å². The minimum absolute atomic E-state index is 0.0705. The number of carbonyl (C=O) groups is 1. The molecule has 0 fully saturated rings. The Hall–Kier alpha value is -2.09. The SMILES string of the molecule is CN(C)C(=O)CCNc1ccc(C#N)cn1. The number of hydrogen-bond acceptors (Lipinski definition) is 4. The topological polar surface area (TPSA) is 69.0 Å². The summed E-state index contributed by atoms with van der Waals surface area (Å²) in [6.45, 7) is 0.538. The van der Waals surface area contributed by atoms with Crippen molar-refractivity contribution in [3.8, 4) is 6.07 Å². The van der Waals surface area contributed by atoms with Gasteiger partial charge in [-0.25, -0.2) is 4.98 Å². The van der Waals surface area contributed by atoms with Gasteiger partial charge in [-0.15, -0.1) is 0 Å². The second-order valence-electron chi connectivity index (χ2n) is 3.51. The minimum Gasteiger partial charge on any atom is -0.370 e. The number of pyridine rings is 1. The molecule has 5 heteroatoms. The molecule has 0 saturated carbocycles. The van der Waals surface area contributed by atoms with Crippen molar-refractivity contribution in [3.63, 3.8) is 0 Å². The van der Waals surface area contributed by atoms with Crippen LogP contribution in [0.5, 0.6) is 0 Å². The van der Waals surface area contributed by atoms with Crippen LogP contribution in [0.15, 0.2) is 18.3 Å². The average Bonchev–Trinajstić information content (AvgIpc) is 2.29. The van der Waals surface area contributed by atoms with Crippen molar-refractivity contribution in [2.24, 2.45) is 0 Å². The normalized spacial score (nSPS) is 9.31. The van der Waals surface area contributed by atoms with E-state index in [-0.39, 0.29) is 5.91 Å². The molecule has 0 aliphatic heterocycles. The Morgan fingerprint density at radius 1 is 1.56 bits per heavy atom. The summed E-state index contributed by atoms with van der Waals surface area (Å²) in [4.78, 5) is 16.8. The van der Waals surface area contributed by atoms with E-state index in [4.69, 9.17) is 5.26 Å². The van der Waals surface area contributed by atoms with Crippen LogP contribution in [-0.4, -0.2) is 36.4 Å². The number of anilines is 1. The van der Waals surface area contributed by atoms with Gasteiger partial charge in [0.1, 0.15) is 11.9 Å². The summed E-state index contributed by atoms with van der Waals surface area (Å²) in [6.07, 6.45) is 1.92. The first kappa shape index (κ1) is 12.0. The lowest BCUT2D eigenvalue weighted by Crippen LogP contribution is -2.24. The lowest BCUT2D eigenvalue weighted by Gasteiger charge is -2.10. The number of rotatable bonds is 4. The van der Waals surface area contributed by atoms with Crippen LogP contribution in [-0.2, 0) is 4.79 Å². The van der Waals surface area contributed by atoms with E-state index in [9.17, 15) is 4.79 Å².